The summed E-state index contributed by atoms with van der Waals surface area (Å²) in [4.78, 5) is 0. The summed E-state index contributed by atoms with van der Waals surface area (Å²) in [5.41, 5.74) is 7.99. The first-order chi connectivity index (χ1) is 8.49. The summed E-state index contributed by atoms with van der Waals surface area (Å²) in [7, 11) is 0. The van der Waals surface area contributed by atoms with Crippen molar-refractivity contribution in [1.29, 1.82) is 0 Å². The van der Waals surface area contributed by atoms with Gasteiger partial charge in [0.1, 0.15) is 0 Å². The van der Waals surface area contributed by atoms with Crippen LogP contribution in [0, 0.1) is 0 Å². The molecule has 0 saturated heterocycles. The molecule has 0 spiro atoms. The minimum atomic E-state index is 0.449. The van der Waals surface area contributed by atoms with Crippen LogP contribution in [0.15, 0.2) is 39.3 Å². The molecule has 6 heteroatoms. The van der Waals surface area contributed by atoms with E-state index < -0.39 is 0 Å². The van der Waals surface area contributed by atoms with Gasteiger partial charge in [-0.25, -0.2) is 0 Å². The molecule has 2 rings (SSSR count). The highest BCUT2D eigenvalue weighted by molar-refractivity contribution is 9.10. The molecule has 0 atom stereocenters. The van der Waals surface area contributed by atoms with Crippen molar-refractivity contribution >= 4 is 72.1 Å². The predicted octanol–water partition coefficient (Wildman–Crippen LogP) is 5.84. The smallest absolute Gasteiger partial charge is 0.0838 e. The topological polar surface area (TPSA) is 38.0 Å². The quantitative estimate of drug-likeness (QED) is 0.481. The van der Waals surface area contributed by atoms with Crippen LogP contribution in [0.3, 0.4) is 0 Å². The largest absolute Gasteiger partial charge is 0.397 e. The first kappa shape index (κ1) is 14.0. The van der Waals surface area contributed by atoms with Gasteiger partial charge >= 0.3 is 0 Å². The molecule has 2 nitrogen and oxygen atoms in total. The van der Waals surface area contributed by atoms with Gasteiger partial charge in [-0.05, 0) is 46.3 Å². The average Bonchev–Trinajstić information content (AvgIpc) is 2.34. The molecule has 0 amide bonds. The van der Waals surface area contributed by atoms with E-state index in [1.807, 2.05) is 24.3 Å². The lowest BCUT2D eigenvalue weighted by Crippen LogP contribution is -1.97. The van der Waals surface area contributed by atoms with Crippen molar-refractivity contribution in [2.24, 2.45) is 0 Å². The fourth-order valence-electron chi connectivity index (χ4n) is 1.40. The molecular weight excluding hydrogens is 403 g/mol. The molecule has 18 heavy (non-hydrogen) atoms. The molecule has 0 radical (unpaired) electrons. The number of hydrogen-bond donors (Lipinski definition) is 2. The summed E-state index contributed by atoms with van der Waals surface area (Å²) in [5.74, 6) is 0. The number of benzene rings is 2. The van der Waals surface area contributed by atoms with E-state index in [9.17, 15) is 0 Å². The zero-order valence-electron chi connectivity index (χ0n) is 8.98. The van der Waals surface area contributed by atoms with Crippen molar-refractivity contribution in [1.82, 2.24) is 0 Å². The fourth-order valence-corrected chi connectivity index (χ4v) is 2.59. The molecule has 0 aromatic heterocycles. The van der Waals surface area contributed by atoms with Crippen molar-refractivity contribution < 1.29 is 0 Å². The van der Waals surface area contributed by atoms with Crippen LogP contribution in [0.2, 0.25) is 10.0 Å². The highest BCUT2D eigenvalue weighted by atomic mass is 79.9. The molecule has 0 aliphatic heterocycles. The van der Waals surface area contributed by atoms with E-state index in [2.05, 4.69) is 37.2 Å². The Morgan fingerprint density at radius 3 is 2.39 bits per heavy atom. The van der Waals surface area contributed by atoms with Crippen molar-refractivity contribution in [3.05, 3.63) is 49.3 Å². The van der Waals surface area contributed by atoms with Crippen molar-refractivity contribution in [2.75, 3.05) is 11.1 Å². The van der Waals surface area contributed by atoms with Gasteiger partial charge in [-0.2, -0.15) is 0 Å². The second-order valence-electron chi connectivity index (χ2n) is 3.58. The van der Waals surface area contributed by atoms with Crippen LogP contribution < -0.4 is 11.1 Å². The number of nitrogens with one attached hydrogen (secondary N) is 1. The Balaban J connectivity index is 2.40. The van der Waals surface area contributed by atoms with Gasteiger partial charge in [-0.15, -0.1) is 0 Å². The number of anilines is 3. The third-order valence-electron chi connectivity index (χ3n) is 2.32. The SMILES string of the molecule is Nc1ccc(Br)cc1Nc1ccc(Br)c(Cl)c1Cl. The Kier molecular flexibility index (Phi) is 4.43. The van der Waals surface area contributed by atoms with Gasteiger partial charge in [0.2, 0.25) is 0 Å². The molecule has 0 saturated carbocycles. The predicted molar refractivity (Wildman–Crippen MR) is 86.0 cm³/mol. The fraction of sp³-hybridized carbons (Fsp3) is 0. The molecule has 0 fully saturated rings. The second-order valence-corrected chi connectivity index (χ2v) is 6.11. The molecule has 0 unspecified atom stereocenters. The molecule has 3 N–H and O–H groups in total. The maximum Gasteiger partial charge on any atom is 0.0838 e. The van der Waals surface area contributed by atoms with Crippen LogP contribution in [0.25, 0.3) is 0 Å². The maximum absolute atomic E-state index is 6.16. The summed E-state index contributed by atoms with van der Waals surface area (Å²) in [6, 6.07) is 9.21. The summed E-state index contributed by atoms with van der Waals surface area (Å²) in [5, 5.41) is 4.07. The van der Waals surface area contributed by atoms with Crippen molar-refractivity contribution in [2.45, 2.75) is 0 Å². The van der Waals surface area contributed by atoms with E-state index in [0.29, 0.717) is 21.4 Å². The minimum Gasteiger partial charge on any atom is -0.397 e. The van der Waals surface area contributed by atoms with Gasteiger partial charge in [0.05, 0.1) is 27.1 Å². The highest BCUT2D eigenvalue weighted by Crippen LogP contribution is 2.38. The zero-order valence-corrected chi connectivity index (χ0v) is 13.7. The van der Waals surface area contributed by atoms with Crippen molar-refractivity contribution in [3.63, 3.8) is 0 Å². The summed E-state index contributed by atoms with van der Waals surface area (Å²) >= 11 is 18.9. The lowest BCUT2D eigenvalue weighted by molar-refractivity contribution is 1.52. The van der Waals surface area contributed by atoms with Gasteiger partial charge in [0.15, 0.2) is 0 Å². The van der Waals surface area contributed by atoms with Crippen LogP contribution in [0.5, 0.6) is 0 Å². The monoisotopic (exact) mass is 408 g/mol. The number of halogens is 4. The highest BCUT2D eigenvalue weighted by Gasteiger charge is 2.09. The van der Waals surface area contributed by atoms with E-state index >= 15 is 0 Å². The van der Waals surface area contributed by atoms with E-state index in [0.717, 1.165) is 14.6 Å². The van der Waals surface area contributed by atoms with Gasteiger partial charge in [0, 0.05) is 8.95 Å². The Morgan fingerprint density at radius 1 is 0.944 bits per heavy atom. The molecule has 2 aromatic carbocycles. The number of nitrogens with two attached hydrogens (primary N) is 1. The van der Waals surface area contributed by atoms with Gasteiger partial charge in [-0.3, -0.25) is 0 Å². The number of rotatable bonds is 2. The summed E-state index contributed by atoms with van der Waals surface area (Å²) in [6.07, 6.45) is 0. The van der Waals surface area contributed by atoms with Crippen LogP contribution in [-0.2, 0) is 0 Å². The third-order valence-corrected chi connectivity index (χ3v) is 4.58. The molecule has 0 aliphatic rings. The van der Waals surface area contributed by atoms with E-state index in [-0.39, 0.29) is 0 Å². The summed E-state index contributed by atoms with van der Waals surface area (Å²) < 4.78 is 1.68. The minimum absolute atomic E-state index is 0.449. The zero-order chi connectivity index (χ0) is 13.3. The Bertz CT molecular complexity index is 603. The molecule has 0 bridgehead atoms. The molecule has 0 aliphatic carbocycles. The van der Waals surface area contributed by atoms with Gasteiger partial charge in [0.25, 0.3) is 0 Å². The molecular formula is C12H8Br2Cl2N2. The van der Waals surface area contributed by atoms with E-state index in [1.165, 1.54) is 0 Å². The molecule has 2 aromatic rings. The first-order valence-electron chi connectivity index (χ1n) is 4.94. The maximum atomic E-state index is 6.16. The van der Waals surface area contributed by atoms with E-state index in [1.54, 1.807) is 6.07 Å². The Morgan fingerprint density at radius 2 is 1.67 bits per heavy atom. The molecule has 0 heterocycles. The Labute approximate surface area is 132 Å². The van der Waals surface area contributed by atoms with Crippen LogP contribution >= 0.6 is 55.1 Å². The number of nitrogen functional groups attached to an aromatic ring is 1. The Hall–Kier alpha value is -0.420. The normalized spacial score (nSPS) is 10.4. The average molecular weight is 411 g/mol. The third kappa shape index (κ3) is 2.94. The lowest BCUT2D eigenvalue weighted by atomic mass is 10.2. The first-order valence-corrected chi connectivity index (χ1v) is 7.29. The van der Waals surface area contributed by atoms with Crippen molar-refractivity contribution in [3.8, 4) is 0 Å². The second kappa shape index (κ2) is 5.70. The van der Waals surface area contributed by atoms with Gasteiger partial charge in [-0.1, -0.05) is 39.1 Å². The van der Waals surface area contributed by atoms with Crippen LogP contribution in [-0.4, -0.2) is 0 Å². The lowest BCUT2D eigenvalue weighted by Gasteiger charge is -2.12. The standard InChI is InChI=1S/C12H8Br2Cl2N2/c13-6-1-3-8(17)10(5-6)18-9-4-2-7(14)11(15)12(9)16/h1-5,18H,17H2. The molecule has 94 valence electrons. The number of hydrogen-bond acceptors (Lipinski definition) is 2. The summed E-state index contributed by atoms with van der Waals surface area (Å²) in [6.45, 7) is 0. The van der Waals surface area contributed by atoms with Crippen LogP contribution in [0.1, 0.15) is 0 Å². The van der Waals surface area contributed by atoms with Crippen LogP contribution in [0.4, 0.5) is 17.1 Å². The van der Waals surface area contributed by atoms with Gasteiger partial charge < -0.3 is 11.1 Å². The van der Waals surface area contributed by atoms with E-state index in [4.69, 9.17) is 28.9 Å².